The number of rotatable bonds is 7. The molecule has 0 aliphatic rings. The fourth-order valence-corrected chi connectivity index (χ4v) is 2.34. The van der Waals surface area contributed by atoms with Crippen LogP contribution >= 0.6 is 22.6 Å². The van der Waals surface area contributed by atoms with Crippen LogP contribution in [0.2, 0.25) is 0 Å². The van der Waals surface area contributed by atoms with Gasteiger partial charge in [0.1, 0.15) is 0 Å². The van der Waals surface area contributed by atoms with Crippen LogP contribution in [0.1, 0.15) is 43.5 Å². The van der Waals surface area contributed by atoms with Crippen molar-refractivity contribution in [2.24, 2.45) is 5.92 Å². The Kier molecular flexibility index (Phi) is 7.49. The molecule has 3 N–H and O–H groups in total. The minimum Gasteiger partial charge on any atom is -0.478 e. The highest BCUT2D eigenvalue weighted by Gasteiger charge is 2.12. The Morgan fingerprint density at radius 3 is 2.62 bits per heavy atom. The molecule has 1 aromatic rings. The van der Waals surface area contributed by atoms with Crippen molar-refractivity contribution in [3.8, 4) is 0 Å². The molecule has 0 heterocycles. The molecule has 5 nitrogen and oxygen atoms in total. The lowest BCUT2D eigenvalue weighted by atomic mass is 10.1. The second kappa shape index (κ2) is 8.86. The zero-order valence-electron chi connectivity index (χ0n) is 12.3. The molecule has 0 atom stereocenters. The van der Waals surface area contributed by atoms with Crippen LogP contribution in [0.15, 0.2) is 18.2 Å². The van der Waals surface area contributed by atoms with E-state index in [-0.39, 0.29) is 11.6 Å². The lowest BCUT2D eigenvalue weighted by molar-refractivity contribution is 0.0698. The van der Waals surface area contributed by atoms with Gasteiger partial charge in [-0.2, -0.15) is 0 Å². The Balaban J connectivity index is 2.46. The second-order valence-electron chi connectivity index (χ2n) is 5.27. The number of carboxylic acids is 1. The number of anilines is 1. The first kappa shape index (κ1) is 17.7. The number of carbonyl (C=O) groups is 2. The van der Waals surface area contributed by atoms with Crippen LogP contribution in [0.4, 0.5) is 10.5 Å². The molecule has 0 saturated heterocycles. The van der Waals surface area contributed by atoms with Crippen molar-refractivity contribution in [1.82, 2.24) is 5.32 Å². The van der Waals surface area contributed by atoms with Gasteiger partial charge in [-0.25, -0.2) is 9.59 Å². The molecule has 1 rings (SSSR count). The smallest absolute Gasteiger partial charge is 0.337 e. The van der Waals surface area contributed by atoms with E-state index in [4.69, 9.17) is 5.11 Å². The summed E-state index contributed by atoms with van der Waals surface area (Å²) in [6, 6.07) is 4.51. The quantitative estimate of drug-likeness (QED) is 0.476. The molecule has 116 valence electrons. The molecule has 0 aliphatic heterocycles. The molecule has 0 saturated carbocycles. The van der Waals surface area contributed by atoms with Gasteiger partial charge in [-0.1, -0.05) is 26.7 Å². The van der Waals surface area contributed by atoms with E-state index in [1.807, 2.05) is 22.6 Å². The number of nitrogens with one attached hydrogen (secondary N) is 2. The first-order valence-corrected chi connectivity index (χ1v) is 8.05. The van der Waals surface area contributed by atoms with E-state index in [0.29, 0.717) is 18.2 Å². The molecule has 0 spiro atoms. The molecule has 0 aromatic heterocycles. The molecular weight excluding hydrogens is 383 g/mol. The van der Waals surface area contributed by atoms with Crippen LogP contribution in [-0.2, 0) is 0 Å². The zero-order chi connectivity index (χ0) is 15.8. The molecule has 21 heavy (non-hydrogen) atoms. The molecule has 0 radical (unpaired) electrons. The molecule has 1 aromatic carbocycles. The van der Waals surface area contributed by atoms with Gasteiger partial charge in [-0.15, -0.1) is 0 Å². The molecule has 0 aliphatic carbocycles. The highest BCUT2D eigenvalue weighted by Crippen LogP contribution is 2.18. The number of carbonyl (C=O) groups excluding carboxylic acids is 1. The highest BCUT2D eigenvalue weighted by atomic mass is 127. The van der Waals surface area contributed by atoms with E-state index in [1.165, 1.54) is 6.07 Å². The first-order valence-electron chi connectivity index (χ1n) is 6.98. The Hall–Kier alpha value is -1.31. The van der Waals surface area contributed by atoms with Crippen molar-refractivity contribution in [2.75, 3.05) is 11.9 Å². The zero-order valence-corrected chi connectivity index (χ0v) is 14.4. The van der Waals surface area contributed by atoms with Gasteiger partial charge in [-0.05, 0) is 53.1 Å². The Bertz CT molecular complexity index is 504. The lowest BCUT2D eigenvalue weighted by Crippen LogP contribution is -2.30. The van der Waals surface area contributed by atoms with Gasteiger partial charge < -0.3 is 15.7 Å². The van der Waals surface area contributed by atoms with Crippen LogP contribution in [0, 0.1) is 9.49 Å². The van der Waals surface area contributed by atoms with Crippen LogP contribution < -0.4 is 10.6 Å². The van der Waals surface area contributed by atoms with Crippen molar-refractivity contribution in [3.63, 3.8) is 0 Å². The molecule has 2 amide bonds. The summed E-state index contributed by atoms with van der Waals surface area (Å²) in [5.41, 5.74) is 0.402. The topological polar surface area (TPSA) is 78.4 Å². The number of urea groups is 1. The fraction of sp³-hybridized carbons (Fsp3) is 0.467. The standard InChI is InChI=1S/C15H21IN2O3/c1-10(2)5-3-4-8-17-15(21)18-13-7-6-11(16)9-12(13)14(19)20/h6-7,9-10H,3-5,8H2,1-2H3,(H,19,20)(H2,17,18,21). The van der Waals surface area contributed by atoms with Gasteiger partial charge in [0.2, 0.25) is 0 Å². The summed E-state index contributed by atoms with van der Waals surface area (Å²) in [7, 11) is 0. The Morgan fingerprint density at radius 1 is 1.29 bits per heavy atom. The van der Waals surface area contributed by atoms with Crippen molar-refractivity contribution < 1.29 is 14.7 Å². The lowest BCUT2D eigenvalue weighted by Gasteiger charge is -2.10. The number of hydrogen-bond acceptors (Lipinski definition) is 2. The van der Waals surface area contributed by atoms with E-state index in [1.54, 1.807) is 12.1 Å². The third-order valence-corrected chi connectivity index (χ3v) is 3.63. The van der Waals surface area contributed by atoms with Gasteiger partial charge in [0.05, 0.1) is 11.3 Å². The Labute approximate surface area is 138 Å². The summed E-state index contributed by atoms with van der Waals surface area (Å²) < 4.78 is 0.810. The Morgan fingerprint density at radius 2 is 2.00 bits per heavy atom. The van der Waals surface area contributed by atoms with E-state index in [0.717, 1.165) is 22.8 Å². The highest BCUT2D eigenvalue weighted by molar-refractivity contribution is 14.1. The number of hydrogen-bond donors (Lipinski definition) is 3. The van der Waals surface area contributed by atoms with Crippen molar-refractivity contribution in [1.29, 1.82) is 0 Å². The van der Waals surface area contributed by atoms with E-state index in [9.17, 15) is 9.59 Å². The predicted octanol–water partition coefficient (Wildman–Crippen LogP) is 3.94. The van der Waals surface area contributed by atoms with Gasteiger partial charge in [-0.3, -0.25) is 0 Å². The number of benzene rings is 1. The van der Waals surface area contributed by atoms with E-state index < -0.39 is 5.97 Å². The van der Waals surface area contributed by atoms with Crippen LogP contribution in [0.3, 0.4) is 0 Å². The van der Waals surface area contributed by atoms with Gasteiger partial charge >= 0.3 is 12.0 Å². The van der Waals surface area contributed by atoms with Gasteiger partial charge in [0.25, 0.3) is 0 Å². The van der Waals surface area contributed by atoms with Crippen molar-refractivity contribution in [2.45, 2.75) is 33.1 Å². The summed E-state index contributed by atoms with van der Waals surface area (Å²) in [5, 5.41) is 14.5. The third kappa shape index (κ3) is 6.79. The molecular formula is C15H21IN2O3. The largest absolute Gasteiger partial charge is 0.478 e. The summed E-state index contributed by atoms with van der Waals surface area (Å²) in [6.07, 6.45) is 3.13. The number of unbranched alkanes of at least 4 members (excludes halogenated alkanes) is 1. The molecule has 0 fully saturated rings. The van der Waals surface area contributed by atoms with Crippen molar-refractivity contribution in [3.05, 3.63) is 27.3 Å². The average Bonchev–Trinajstić information content (AvgIpc) is 2.39. The molecule has 0 bridgehead atoms. The summed E-state index contributed by atoms with van der Waals surface area (Å²) in [5.74, 6) is -0.385. The maximum absolute atomic E-state index is 11.8. The normalized spacial score (nSPS) is 10.5. The monoisotopic (exact) mass is 404 g/mol. The van der Waals surface area contributed by atoms with E-state index in [2.05, 4.69) is 24.5 Å². The SMILES string of the molecule is CC(C)CCCCNC(=O)Nc1ccc(I)cc1C(=O)O. The van der Waals surface area contributed by atoms with Crippen LogP contribution in [0.5, 0.6) is 0 Å². The van der Waals surface area contributed by atoms with Gasteiger partial charge in [0, 0.05) is 10.1 Å². The fourth-order valence-electron chi connectivity index (χ4n) is 1.85. The average molecular weight is 404 g/mol. The number of amides is 2. The first-order chi connectivity index (χ1) is 9.90. The predicted molar refractivity (Wildman–Crippen MR) is 91.8 cm³/mol. The van der Waals surface area contributed by atoms with Crippen LogP contribution in [0.25, 0.3) is 0 Å². The van der Waals surface area contributed by atoms with Crippen LogP contribution in [-0.4, -0.2) is 23.7 Å². The molecule has 6 heteroatoms. The number of halogens is 1. The minimum atomic E-state index is -1.05. The minimum absolute atomic E-state index is 0.0943. The van der Waals surface area contributed by atoms with Crippen molar-refractivity contribution >= 4 is 40.3 Å². The third-order valence-electron chi connectivity index (χ3n) is 2.95. The summed E-state index contributed by atoms with van der Waals surface area (Å²) >= 11 is 2.03. The second-order valence-corrected chi connectivity index (χ2v) is 6.51. The molecule has 0 unspecified atom stereocenters. The summed E-state index contributed by atoms with van der Waals surface area (Å²) in [4.78, 5) is 22.9. The summed E-state index contributed by atoms with van der Waals surface area (Å²) in [6.45, 7) is 4.93. The number of carboxylic acid groups (broad SMARTS) is 1. The van der Waals surface area contributed by atoms with Gasteiger partial charge in [0.15, 0.2) is 0 Å². The number of aromatic carboxylic acids is 1. The maximum Gasteiger partial charge on any atom is 0.337 e. The maximum atomic E-state index is 11.8. The van der Waals surface area contributed by atoms with E-state index >= 15 is 0 Å².